The van der Waals surface area contributed by atoms with E-state index in [1.807, 2.05) is 91.0 Å². The number of carbonyl (C=O) groups excluding carboxylic acids is 3. The van der Waals surface area contributed by atoms with Crippen molar-refractivity contribution in [1.29, 1.82) is 0 Å². The number of benzene rings is 6. The lowest BCUT2D eigenvalue weighted by Gasteiger charge is -2.19. The SMILES string of the molecule is COc1ccc(Cl)cc1NC(=O)C(Sc1ccc(NC(=O)/C(=C/c2cccc3ccccc23)NC(=O)c2ccccc2)cc1)c1ccccc1. The van der Waals surface area contributed by atoms with Crippen molar-refractivity contribution < 1.29 is 19.1 Å². The first-order chi connectivity index (χ1) is 24.4. The molecule has 6 rings (SSSR count). The molecule has 248 valence electrons. The number of halogens is 1. The second-order valence-electron chi connectivity index (χ2n) is 11.2. The summed E-state index contributed by atoms with van der Waals surface area (Å²) >= 11 is 7.57. The number of rotatable bonds is 11. The van der Waals surface area contributed by atoms with Crippen LogP contribution < -0.4 is 20.7 Å². The summed E-state index contributed by atoms with van der Waals surface area (Å²) in [4.78, 5) is 41.4. The Bertz CT molecular complexity index is 2170. The Hall–Kier alpha value is -5.83. The van der Waals surface area contributed by atoms with Crippen LogP contribution in [0.3, 0.4) is 0 Å². The van der Waals surface area contributed by atoms with Crippen LogP contribution >= 0.6 is 23.4 Å². The first-order valence-corrected chi connectivity index (χ1v) is 17.0. The van der Waals surface area contributed by atoms with Gasteiger partial charge in [0.15, 0.2) is 0 Å². The van der Waals surface area contributed by atoms with Crippen LogP contribution in [0.1, 0.15) is 26.7 Å². The molecule has 0 bridgehead atoms. The molecule has 50 heavy (non-hydrogen) atoms. The molecule has 0 aliphatic rings. The number of carbonyl (C=O) groups is 3. The molecule has 0 aliphatic heterocycles. The van der Waals surface area contributed by atoms with Crippen molar-refractivity contribution >= 4 is 69.3 Å². The number of thioether (sulfide) groups is 1. The van der Waals surface area contributed by atoms with Crippen molar-refractivity contribution in [2.24, 2.45) is 0 Å². The molecule has 0 spiro atoms. The summed E-state index contributed by atoms with van der Waals surface area (Å²) in [6, 6.07) is 44.1. The lowest BCUT2D eigenvalue weighted by Crippen LogP contribution is -2.30. The van der Waals surface area contributed by atoms with Crippen molar-refractivity contribution in [2.45, 2.75) is 10.1 Å². The molecule has 3 amide bonds. The van der Waals surface area contributed by atoms with Crippen molar-refractivity contribution in [3.05, 3.63) is 173 Å². The summed E-state index contributed by atoms with van der Waals surface area (Å²) in [6.07, 6.45) is 1.68. The summed E-state index contributed by atoms with van der Waals surface area (Å²) in [5, 5.41) is 10.5. The van der Waals surface area contributed by atoms with Gasteiger partial charge >= 0.3 is 0 Å². The minimum absolute atomic E-state index is 0.0888. The Morgan fingerprint density at radius 3 is 2.16 bits per heavy atom. The van der Waals surface area contributed by atoms with Crippen LogP contribution in [0.25, 0.3) is 16.8 Å². The lowest BCUT2D eigenvalue weighted by atomic mass is 10.0. The van der Waals surface area contributed by atoms with Gasteiger partial charge in [0.25, 0.3) is 11.8 Å². The van der Waals surface area contributed by atoms with Crippen molar-refractivity contribution in [2.75, 3.05) is 17.7 Å². The zero-order chi connectivity index (χ0) is 34.9. The zero-order valence-corrected chi connectivity index (χ0v) is 28.5. The number of nitrogens with one attached hydrogen (secondary N) is 3. The average molecular weight is 698 g/mol. The maximum absolute atomic E-state index is 13.7. The molecule has 0 aliphatic carbocycles. The predicted molar refractivity (Wildman–Crippen MR) is 203 cm³/mol. The Morgan fingerprint density at radius 2 is 1.42 bits per heavy atom. The van der Waals surface area contributed by atoms with E-state index >= 15 is 0 Å². The van der Waals surface area contributed by atoms with Gasteiger partial charge in [0.1, 0.15) is 16.7 Å². The van der Waals surface area contributed by atoms with E-state index in [0.717, 1.165) is 26.8 Å². The molecule has 7 nitrogen and oxygen atoms in total. The molecule has 9 heteroatoms. The third-order valence-electron chi connectivity index (χ3n) is 7.78. The van der Waals surface area contributed by atoms with Gasteiger partial charge in [-0.25, -0.2) is 0 Å². The van der Waals surface area contributed by atoms with E-state index in [0.29, 0.717) is 27.7 Å². The van der Waals surface area contributed by atoms with Gasteiger partial charge in [0.2, 0.25) is 5.91 Å². The average Bonchev–Trinajstić information content (AvgIpc) is 3.15. The Morgan fingerprint density at radius 1 is 0.740 bits per heavy atom. The molecule has 3 N–H and O–H groups in total. The van der Waals surface area contributed by atoms with Gasteiger partial charge in [-0.05, 0) is 82.6 Å². The summed E-state index contributed by atoms with van der Waals surface area (Å²) in [7, 11) is 1.53. The van der Waals surface area contributed by atoms with Crippen LogP contribution in [0.15, 0.2) is 156 Å². The van der Waals surface area contributed by atoms with E-state index in [9.17, 15) is 14.4 Å². The molecule has 0 saturated heterocycles. The summed E-state index contributed by atoms with van der Waals surface area (Å²) < 4.78 is 5.42. The predicted octanol–water partition coefficient (Wildman–Crippen LogP) is 9.38. The minimum atomic E-state index is -0.608. The second kappa shape index (κ2) is 16.0. The van der Waals surface area contributed by atoms with Crippen molar-refractivity contribution in [3.8, 4) is 5.75 Å². The third kappa shape index (κ3) is 8.41. The number of anilines is 2. The van der Waals surface area contributed by atoms with Crippen molar-refractivity contribution in [3.63, 3.8) is 0 Å². The van der Waals surface area contributed by atoms with E-state index in [1.165, 1.54) is 18.9 Å². The van der Waals surface area contributed by atoms with Gasteiger partial charge in [0, 0.05) is 21.2 Å². The van der Waals surface area contributed by atoms with E-state index in [4.69, 9.17) is 16.3 Å². The normalized spacial score (nSPS) is 11.8. The van der Waals surface area contributed by atoms with Crippen LogP contribution in [0.2, 0.25) is 5.02 Å². The molecule has 1 atom stereocenters. The van der Waals surface area contributed by atoms with Crippen LogP contribution in [-0.4, -0.2) is 24.8 Å². The third-order valence-corrected chi connectivity index (χ3v) is 9.28. The number of methoxy groups -OCH3 is 1. The highest BCUT2D eigenvalue weighted by Gasteiger charge is 2.24. The quantitative estimate of drug-likeness (QED) is 0.0926. The molecule has 6 aromatic rings. The first-order valence-electron chi connectivity index (χ1n) is 15.7. The fourth-order valence-corrected chi connectivity index (χ4v) is 6.50. The Balaban J connectivity index is 1.23. The number of amides is 3. The molecule has 0 saturated carbocycles. The molecule has 6 aromatic carbocycles. The highest BCUT2D eigenvalue weighted by atomic mass is 35.5. The summed E-state index contributed by atoms with van der Waals surface area (Å²) in [5.74, 6) is -0.649. The smallest absolute Gasteiger partial charge is 0.272 e. The van der Waals surface area contributed by atoms with Gasteiger partial charge in [-0.15, -0.1) is 11.8 Å². The number of ether oxygens (including phenoxy) is 1. The van der Waals surface area contributed by atoms with Crippen LogP contribution in [0.5, 0.6) is 5.75 Å². The monoisotopic (exact) mass is 697 g/mol. The Kier molecular flexibility index (Phi) is 10.9. The minimum Gasteiger partial charge on any atom is -0.495 e. The molecule has 1 unspecified atom stereocenters. The van der Waals surface area contributed by atoms with Gasteiger partial charge in [-0.2, -0.15) is 0 Å². The molecule has 0 aromatic heterocycles. The number of fused-ring (bicyclic) bond motifs is 1. The molecular formula is C41H32ClN3O4S. The molecule has 0 radical (unpaired) electrons. The zero-order valence-electron chi connectivity index (χ0n) is 26.9. The number of hydrogen-bond acceptors (Lipinski definition) is 5. The largest absolute Gasteiger partial charge is 0.495 e. The Labute approximate surface area is 299 Å². The molecule has 0 fully saturated rings. The first kappa shape index (κ1) is 34.0. The summed E-state index contributed by atoms with van der Waals surface area (Å²) in [6.45, 7) is 0. The second-order valence-corrected chi connectivity index (χ2v) is 12.8. The maximum Gasteiger partial charge on any atom is 0.272 e. The van der Waals surface area contributed by atoms with Gasteiger partial charge in [-0.1, -0.05) is 103 Å². The highest BCUT2D eigenvalue weighted by Crippen LogP contribution is 2.38. The number of hydrogen-bond donors (Lipinski definition) is 3. The van der Waals surface area contributed by atoms with Crippen LogP contribution in [-0.2, 0) is 9.59 Å². The van der Waals surface area contributed by atoms with E-state index in [-0.39, 0.29) is 11.6 Å². The van der Waals surface area contributed by atoms with Crippen LogP contribution in [0.4, 0.5) is 11.4 Å². The van der Waals surface area contributed by atoms with E-state index < -0.39 is 17.1 Å². The van der Waals surface area contributed by atoms with Crippen molar-refractivity contribution in [1.82, 2.24) is 5.32 Å². The molecular weight excluding hydrogens is 666 g/mol. The van der Waals surface area contributed by atoms with Gasteiger partial charge in [0.05, 0.1) is 12.8 Å². The fraction of sp³-hybridized carbons (Fsp3) is 0.0488. The highest BCUT2D eigenvalue weighted by molar-refractivity contribution is 8.00. The van der Waals surface area contributed by atoms with Gasteiger partial charge < -0.3 is 20.7 Å². The van der Waals surface area contributed by atoms with Gasteiger partial charge in [-0.3, -0.25) is 14.4 Å². The van der Waals surface area contributed by atoms with E-state index in [2.05, 4.69) is 16.0 Å². The summed E-state index contributed by atoms with van der Waals surface area (Å²) in [5.41, 5.74) is 3.10. The van der Waals surface area contributed by atoms with Crippen LogP contribution in [0, 0.1) is 0 Å². The molecule has 0 heterocycles. The fourth-order valence-electron chi connectivity index (χ4n) is 5.30. The van der Waals surface area contributed by atoms with E-state index in [1.54, 1.807) is 60.7 Å². The topological polar surface area (TPSA) is 96.5 Å². The standard InChI is InChI=1S/C41H32ClN3O4S/c1-49-37-24-19-31(42)26-35(37)44-41(48)38(28-12-4-2-5-13-28)50-33-22-20-32(21-23-33)43-40(47)36(45-39(46)29-14-6-3-7-15-29)25-30-17-10-16-27-11-8-9-18-34(27)30/h2-26,38H,1H3,(H,43,47)(H,44,48)(H,45,46)/b36-25-. The maximum atomic E-state index is 13.7. The lowest BCUT2D eigenvalue weighted by molar-refractivity contribution is -0.116.